The molecule has 0 aliphatic heterocycles. The van der Waals surface area contributed by atoms with Gasteiger partial charge in [-0.25, -0.2) is 0 Å². The van der Waals surface area contributed by atoms with Gasteiger partial charge in [-0.3, -0.25) is 4.79 Å². The van der Waals surface area contributed by atoms with Crippen molar-refractivity contribution in [1.29, 1.82) is 0 Å². The Morgan fingerprint density at radius 1 is 0.632 bits per heavy atom. The summed E-state index contributed by atoms with van der Waals surface area (Å²) in [7, 11) is 0. The van der Waals surface area contributed by atoms with Gasteiger partial charge in [0.05, 0.1) is 18.8 Å². The number of nitrogens with one attached hydrogen (secondary N) is 1. The first kappa shape index (κ1) is 36.6. The van der Waals surface area contributed by atoms with E-state index < -0.39 is 24.2 Å². The predicted octanol–water partition coefficient (Wildman–Crippen LogP) is 7.70. The molecule has 3 atom stereocenters. The van der Waals surface area contributed by atoms with Crippen molar-refractivity contribution in [2.75, 3.05) is 6.61 Å². The lowest BCUT2D eigenvalue weighted by atomic mass is 10.0. The van der Waals surface area contributed by atoms with Crippen LogP contribution >= 0.6 is 0 Å². The Labute approximate surface area is 234 Å². The molecule has 0 aliphatic carbocycles. The van der Waals surface area contributed by atoms with Crippen LogP contribution in [0.25, 0.3) is 0 Å². The highest BCUT2D eigenvalue weighted by Crippen LogP contribution is 2.12. The molecule has 0 fully saturated rings. The Kier molecular flexibility index (Phi) is 27.5. The maximum absolute atomic E-state index is 12.3. The number of carbonyl (C=O) groups is 1. The van der Waals surface area contributed by atoms with E-state index in [4.69, 9.17) is 0 Å². The van der Waals surface area contributed by atoms with E-state index in [1.54, 1.807) is 6.08 Å². The van der Waals surface area contributed by atoms with Gasteiger partial charge in [-0.05, 0) is 44.9 Å². The van der Waals surface area contributed by atoms with Crippen LogP contribution in [-0.2, 0) is 4.79 Å². The molecule has 222 valence electrons. The van der Waals surface area contributed by atoms with E-state index in [1.807, 2.05) is 6.08 Å². The number of aliphatic hydroxyl groups excluding tert-OH is 3. The van der Waals surface area contributed by atoms with Crippen molar-refractivity contribution in [1.82, 2.24) is 5.32 Å². The topological polar surface area (TPSA) is 89.8 Å². The van der Waals surface area contributed by atoms with Crippen LogP contribution in [-0.4, -0.2) is 46.1 Å². The minimum Gasteiger partial charge on any atom is -0.394 e. The van der Waals surface area contributed by atoms with Crippen LogP contribution in [0.5, 0.6) is 0 Å². The van der Waals surface area contributed by atoms with Gasteiger partial charge in [0, 0.05) is 0 Å². The van der Waals surface area contributed by atoms with Gasteiger partial charge in [0.2, 0.25) is 5.91 Å². The summed E-state index contributed by atoms with van der Waals surface area (Å²) in [6.45, 7) is 4.09. The summed E-state index contributed by atoms with van der Waals surface area (Å²) < 4.78 is 0. The molecular weight excluding hydrogens is 474 g/mol. The van der Waals surface area contributed by atoms with E-state index in [-0.39, 0.29) is 6.61 Å². The van der Waals surface area contributed by atoms with E-state index in [0.29, 0.717) is 6.42 Å². The number of carbonyl (C=O) groups excluding carboxylic acids is 1. The van der Waals surface area contributed by atoms with Crippen LogP contribution in [0, 0.1) is 0 Å². The van der Waals surface area contributed by atoms with Crippen molar-refractivity contribution < 1.29 is 20.1 Å². The Hall–Kier alpha value is -1.43. The van der Waals surface area contributed by atoms with Crippen molar-refractivity contribution in [3.05, 3.63) is 36.5 Å². The maximum Gasteiger partial charge on any atom is 0.249 e. The number of hydrogen-bond donors (Lipinski definition) is 4. The molecule has 5 heteroatoms. The summed E-state index contributed by atoms with van der Waals surface area (Å²) in [5.41, 5.74) is 0. The number of allylic oxidation sites excluding steroid dienone is 5. The van der Waals surface area contributed by atoms with Crippen LogP contribution in [0.15, 0.2) is 36.5 Å². The van der Waals surface area contributed by atoms with Gasteiger partial charge in [-0.1, -0.05) is 134 Å². The van der Waals surface area contributed by atoms with Gasteiger partial charge >= 0.3 is 0 Å². The average Bonchev–Trinajstić information content (AvgIpc) is 2.92. The fourth-order valence-electron chi connectivity index (χ4n) is 4.39. The Morgan fingerprint density at radius 2 is 1.08 bits per heavy atom. The highest BCUT2D eigenvalue weighted by atomic mass is 16.3. The molecule has 0 saturated heterocycles. The highest BCUT2D eigenvalue weighted by Gasteiger charge is 2.22. The van der Waals surface area contributed by atoms with Crippen LogP contribution in [0.3, 0.4) is 0 Å². The van der Waals surface area contributed by atoms with Crippen LogP contribution in [0.1, 0.15) is 142 Å². The smallest absolute Gasteiger partial charge is 0.249 e. The Balaban J connectivity index is 3.92. The molecule has 0 aromatic carbocycles. The fourth-order valence-corrected chi connectivity index (χ4v) is 4.39. The number of aliphatic hydroxyl groups is 3. The molecule has 1 amide bonds. The quantitative estimate of drug-likeness (QED) is 0.0641. The second-order valence-electron chi connectivity index (χ2n) is 10.6. The zero-order valence-corrected chi connectivity index (χ0v) is 24.8. The van der Waals surface area contributed by atoms with Crippen LogP contribution in [0.2, 0.25) is 0 Å². The van der Waals surface area contributed by atoms with Crippen molar-refractivity contribution in [3.8, 4) is 0 Å². The molecule has 0 radical (unpaired) electrons. The summed E-state index contributed by atoms with van der Waals surface area (Å²) in [5, 5.41) is 32.7. The summed E-state index contributed by atoms with van der Waals surface area (Å²) in [6.07, 6.45) is 32.9. The molecule has 4 N–H and O–H groups in total. The first-order chi connectivity index (χ1) is 18.6. The lowest BCUT2D eigenvalue weighted by Gasteiger charge is -2.21. The fraction of sp³-hybridized carbons (Fsp3) is 0.788. The Bertz CT molecular complexity index is 602. The van der Waals surface area contributed by atoms with E-state index in [1.165, 1.54) is 77.0 Å². The van der Waals surface area contributed by atoms with Crippen molar-refractivity contribution in [2.45, 2.75) is 161 Å². The zero-order valence-electron chi connectivity index (χ0n) is 24.8. The first-order valence-corrected chi connectivity index (χ1v) is 15.8. The zero-order chi connectivity index (χ0) is 28.1. The number of hydrogen-bond acceptors (Lipinski definition) is 4. The van der Waals surface area contributed by atoms with E-state index >= 15 is 0 Å². The van der Waals surface area contributed by atoms with Crippen LogP contribution in [0.4, 0.5) is 0 Å². The molecule has 0 aromatic rings. The third kappa shape index (κ3) is 23.7. The van der Waals surface area contributed by atoms with E-state index in [0.717, 1.165) is 44.9 Å². The largest absolute Gasteiger partial charge is 0.394 e. The highest BCUT2D eigenvalue weighted by molar-refractivity contribution is 5.80. The van der Waals surface area contributed by atoms with Crippen LogP contribution < -0.4 is 5.32 Å². The molecule has 0 spiro atoms. The molecule has 0 rings (SSSR count). The van der Waals surface area contributed by atoms with Gasteiger partial charge in [0.15, 0.2) is 0 Å². The minimum atomic E-state index is -1.10. The van der Waals surface area contributed by atoms with Gasteiger partial charge < -0.3 is 20.6 Å². The normalized spacial score (nSPS) is 14.6. The third-order valence-electron chi connectivity index (χ3n) is 6.96. The molecule has 5 nitrogen and oxygen atoms in total. The molecule has 38 heavy (non-hydrogen) atoms. The van der Waals surface area contributed by atoms with Crippen molar-refractivity contribution in [3.63, 3.8) is 0 Å². The monoisotopic (exact) mass is 535 g/mol. The SMILES string of the molecule is CCCCCC/C=C/CC/C=C/CC/C=C/C(O)C(CO)NC(=O)C(O)CCCCCCCCCCCC. The number of unbranched alkanes of at least 4 members (excludes halogenated alkanes) is 15. The average molecular weight is 536 g/mol. The van der Waals surface area contributed by atoms with Gasteiger partial charge in [0.1, 0.15) is 6.10 Å². The maximum atomic E-state index is 12.3. The standard InChI is InChI=1S/C33H61NO4/c1-3-5-7-9-11-13-15-16-17-18-20-21-23-25-27-31(36)30(29-35)34-33(38)32(37)28-26-24-22-19-14-12-10-8-6-4-2/h13,15,18,20,25,27,30-32,35-37H,3-12,14,16-17,19,21-24,26,28-29H2,1-2H3,(H,34,38)/b15-13+,20-18+,27-25+. The summed E-state index contributed by atoms with van der Waals surface area (Å²) in [4.78, 5) is 12.3. The summed E-state index contributed by atoms with van der Waals surface area (Å²) in [6, 6.07) is -0.814. The molecule has 0 saturated carbocycles. The molecule has 3 unspecified atom stereocenters. The number of amides is 1. The van der Waals surface area contributed by atoms with Gasteiger partial charge in [-0.15, -0.1) is 0 Å². The third-order valence-corrected chi connectivity index (χ3v) is 6.96. The van der Waals surface area contributed by atoms with Gasteiger partial charge in [-0.2, -0.15) is 0 Å². The first-order valence-electron chi connectivity index (χ1n) is 15.8. The lowest BCUT2D eigenvalue weighted by molar-refractivity contribution is -0.131. The summed E-state index contributed by atoms with van der Waals surface area (Å²) in [5.74, 6) is -0.523. The number of rotatable bonds is 27. The molecule has 0 bridgehead atoms. The lowest BCUT2D eigenvalue weighted by Crippen LogP contribution is -2.48. The molecular formula is C33H61NO4. The minimum absolute atomic E-state index is 0.381. The van der Waals surface area contributed by atoms with Crippen molar-refractivity contribution in [2.24, 2.45) is 0 Å². The summed E-state index contributed by atoms with van der Waals surface area (Å²) >= 11 is 0. The van der Waals surface area contributed by atoms with Crippen molar-refractivity contribution >= 4 is 5.91 Å². The van der Waals surface area contributed by atoms with E-state index in [2.05, 4.69) is 43.5 Å². The molecule has 0 heterocycles. The van der Waals surface area contributed by atoms with Gasteiger partial charge in [0.25, 0.3) is 0 Å². The van der Waals surface area contributed by atoms with E-state index in [9.17, 15) is 20.1 Å². The predicted molar refractivity (Wildman–Crippen MR) is 162 cm³/mol. The Morgan fingerprint density at radius 3 is 1.61 bits per heavy atom. The second kappa shape index (κ2) is 28.6. The molecule has 0 aliphatic rings. The molecule has 0 aromatic heterocycles. The second-order valence-corrected chi connectivity index (χ2v) is 10.6.